The van der Waals surface area contributed by atoms with Crippen LogP contribution in [0.4, 0.5) is 4.79 Å². The molecular weight excluding hydrogens is 462 g/mol. The summed E-state index contributed by atoms with van der Waals surface area (Å²) in [6.45, 7) is 3.55. The van der Waals surface area contributed by atoms with Gasteiger partial charge >= 0.3 is 12.0 Å². The largest absolute Gasteiger partial charge is 0.457 e. The Morgan fingerprint density at radius 3 is 2.70 bits per heavy atom. The van der Waals surface area contributed by atoms with E-state index in [-0.39, 0.29) is 42.9 Å². The van der Waals surface area contributed by atoms with Crippen molar-refractivity contribution in [3.63, 3.8) is 0 Å². The molecule has 2 saturated heterocycles. The number of esters is 1. The zero-order valence-electron chi connectivity index (χ0n) is 18.7. The summed E-state index contributed by atoms with van der Waals surface area (Å²) in [6.07, 6.45) is 2.81. The van der Waals surface area contributed by atoms with Crippen molar-refractivity contribution < 1.29 is 19.1 Å². The van der Waals surface area contributed by atoms with Gasteiger partial charge in [0.15, 0.2) is 6.61 Å². The van der Waals surface area contributed by atoms with Gasteiger partial charge in [0.25, 0.3) is 0 Å². The maximum Gasteiger partial charge on any atom is 0.315 e. The fourth-order valence-electron chi connectivity index (χ4n) is 4.59. The number of aryl methyl sites for hydroxylation is 1. The lowest BCUT2D eigenvalue weighted by Gasteiger charge is -2.16. The van der Waals surface area contributed by atoms with Crippen LogP contribution in [0.2, 0.25) is 5.02 Å². The van der Waals surface area contributed by atoms with Crippen molar-refractivity contribution in [2.45, 2.75) is 56.9 Å². The summed E-state index contributed by atoms with van der Waals surface area (Å²) >= 11 is 7.84. The van der Waals surface area contributed by atoms with Crippen LogP contribution in [0, 0.1) is 13.8 Å². The minimum absolute atomic E-state index is 0.0857. The fourth-order valence-corrected chi connectivity index (χ4v) is 6.26. The van der Waals surface area contributed by atoms with Gasteiger partial charge < -0.3 is 19.9 Å². The number of hydrogen-bond acceptors (Lipinski definition) is 5. The van der Waals surface area contributed by atoms with Crippen LogP contribution in [-0.4, -0.2) is 52.0 Å². The normalized spacial score (nSPS) is 21.4. The average molecular weight is 490 g/mol. The Labute approximate surface area is 202 Å². The van der Waals surface area contributed by atoms with Gasteiger partial charge in [-0.25, -0.2) is 4.79 Å². The van der Waals surface area contributed by atoms with Crippen LogP contribution in [0.15, 0.2) is 30.3 Å². The molecule has 2 fully saturated rings. The van der Waals surface area contributed by atoms with E-state index in [1.807, 2.05) is 60.5 Å². The maximum atomic E-state index is 12.7. The van der Waals surface area contributed by atoms with Crippen LogP contribution in [0.5, 0.6) is 0 Å². The molecular formula is C24H28ClN3O4S. The zero-order chi connectivity index (χ0) is 23.5. The molecule has 0 unspecified atom stereocenters. The number of carbonyl (C=O) groups is 3. The predicted molar refractivity (Wildman–Crippen MR) is 129 cm³/mol. The molecule has 2 amide bonds. The number of unbranched alkanes of at least 4 members (excludes halogenated alkanes) is 1. The number of hydrogen-bond donors (Lipinski definition) is 2. The molecule has 176 valence electrons. The number of carbonyl (C=O) groups excluding carboxylic acids is 3. The van der Waals surface area contributed by atoms with Crippen molar-refractivity contribution in [3.8, 4) is 5.69 Å². The maximum absolute atomic E-state index is 12.7. The lowest BCUT2D eigenvalue weighted by Crippen LogP contribution is -2.36. The molecule has 0 radical (unpaired) electrons. The number of nitrogens with zero attached hydrogens (tertiary/aromatic N) is 1. The monoisotopic (exact) mass is 489 g/mol. The van der Waals surface area contributed by atoms with Gasteiger partial charge in [-0.3, -0.25) is 9.59 Å². The summed E-state index contributed by atoms with van der Waals surface area (Å²) in [5.74, 6) is 0.355. The highest BCUT2D eigenvalue weighted by Gasteiger charge is 2.42. The van der Waals surface area contributed by atoms with Crippen LogP contribution in [-0.2, 0) is 9.53 Å². The molecule has 2 N–H and O–H groups in total. The quantitative estimate of drug-likeness (QED) is 0.238. The van der Waals surface area contributed by atoms with Crippen LogP contribution in [0.1, 0.15) is 47.4 Å². The van der Waals surface area contributed by atoms with E-state index < -0.39 is 0 Å². The second-order valence-corrected chi connectivity index (χ2v) is 10.3. The Balaban J connectivity index is 1.22. The highest BCUT2D eigenvalue weighted by atomic mass is 35.5. The standard InChI is InChI=1S/C24H28ClN3O4S/c1-14-11-18(15(2)28(14)17-9-7-16(25)8-10-17)20(29)12-32-22(30)6-4-3-5-21-23-19(13-33-21)26-24(31)27-23/h7-11,19,21,23H,3-6,12-13H2,1-2H3,(H2,26,27,31)/t19-,21-,23-/m0/s1. The second-order valence-electron chi connectivity index (χ2n) is 8.55. The molecule has 1 aromatic heterocycles. The fraction of sp³-hybridized carbons (Fsp3) is 0.458. The van der Waals surface area contributed by atoms with E-state index in [4.69, 9.17) is 16.3 Å². The van der Waals surface area contributed by atoms with Crippen molar-refractivity contribution in [2.75, 3.05) is 12.4 Å². The van der Waals surface area contributed by atoms with Gasteiger partial charge in [-0.15, -0.1) is 0 Å². The molecule has 4 rings (SSSR count). The van der Waals surface area contributed by atoms with Gasteiger partial charge in [0.2, 0.25) is 5.78 Å². The molecule has 33 heavy (non-hydrogen) atoms. The van der Waals surface area contributed by atoms with Gasteiger partial charge in [-0.05, 0) is 57.0 Å². The first kappa shape index (κ1) is 23.7. The third-order valence-corrected chi connectivity index (χ3v) is 8.00. The van der Waals surface area contributed by atoms with E-state index in [9.17, 15) is 14.4 Å². The van der Waals surface area contributed by atoms with Crippen molar-refractivity contribution >= 4 is 41.1 Å². The number of ketones is 1. The Kier molecular flexibility index (Phi) is 7.34. The van der Waals surface area contributed by atoms with Crippen LogP contribution >= 0.6 is 23.4 Å². The first-order valence-electron chi connectivity index (χ1n) is 11.2. The summed E-state index contributed by atoms with van der Waals surface area (Å²) in [5.41, 5.74) is 3.20. The summed E-state index contributed by atoms with van der Waals surface area (Å²) < 4.78 is 7.24. The number of halogens is 1. The predicted octanol–water partition coefficient (Wildman–Crippen LogP) is 4.20. The number of aromatic nitrogens is 1. The van der Waals surface area contributed by atoms with Crippen LogP contribution in [0.25, 0.3) is 5.69 Å². The Morgan fingerprint density at radius 2 is 1.94 bits per heavy atom. The zero-order valence-corrected chi connectivity index (χ0v) is 20.3. The van der Waals surface area contributed by atoms with E-state index in [1.54, 1.807) is 0 Å². The molecule has 9 heteroatoms. The molecule has 2 aromatic rings. The molecule has 0 spiro atoms. The van der Waals surface area contributed by atoms with Gasteiger partial charge in [0.1, 0.15) is 0 Å². The Hall–Kier alpha value is -2.45. The summed E-state index contributed by atoms with van der Waals surface area (Å²) in [5, 5.41) is 6.94. The molecule has 7 nitrogen and oxygen atoms in total. The number of ether oxygens (including phenoxy) is 1. The van der Waals surface area contributed by atoms with E-state index in [1.165, 1.54) is 0 Å². The highest BCUT2D eigenvalue weighted by Crippen LogP contribution is 2.33. The molecule has 3 heterocycles. The van der Waals surface area contributed by atoms with E-state index >= 15 is 0 Å². The van der Waals surface area contributed by atoms with Crippen molar-refractivity contribution in [1.29, 1.82) is 0 Å². The number of urea groups is 1. The first-order chi connectivity index (χ1) is 15.8. The van der Waals surface area contributed by atoms with Gasteiger partial charge in [-0.2, -0.15) is 11.8 Å². The number of rotatable bonds is 9. The molecule has 1 aromatic carbocycles. The van der Waals surface area contributed by atoms with Crippen molar-refractivity contribution in [3.05, 3.63) is 52.3 Å². The van der Waals surface area contributed by atoms with Gasteiger partial charge in [0, 0.05) is 45.1 Å². The molecule has 3 atom stereocenters. The summed E-state index contributed by atoms with van der Waals surface area (Å²) in [7, 11) is 0. The number of Topliss-reactive ketones (excluding diaryl/α,β-unsaturated/α-hetero) is 1. The number of fused-ring (bicyclic) bond motifs is 1. The van der Waals surface area contributed by atoms with Crippen molar-refractivity contribution in [1.82, 2.24) is 15.2 Å². The Morgan fingerprint density at radius 1 is 1.18 bits per heavy atom. The summed E-state index contributed by atoms with van der Waals surface area (Å²) in [4.78, 5) is 36.3. The molecule has 0 saturated carbocycles. The summed E-state index contributed by atoms with van der Waals surface area (Å²) in [6, 6.07) is 9.55. The van der Waals surface area contributed by atoms with Crippen LogP contribution < -0.4 is 10.6 Å². The average Bonchev–Trinajstić information content (AvgIpc) is 3.42. The number of thioether (sulfide) groups is 1. The third-order valence-electron chi connectivity index (χ3n) is 6.24. The lowest BCUT2D eigenvalue weighted by atomic mass is 10.0. The molecule has 0 aliphatic carbocycles. The molecule has 2 aliphatic rings. The minimum atomic E-state index is -0.359. The number of benzene rings is 1. The lowest BCUT2D eigenvalue weighted by molar-refractivity contribution is -0.142. The van der Waals surface area contributed by atoms with Crippen LogP contribution in [0.3, 0.4) is 0 Å². The number of amides is 2. The van der Waals surface area contributed by atoms with Gasteiger partial charge in [-0.1, -0.05) is 18.0 Å². The molecule has 0 bridgehead atoms. The highest BCUT2D eigenvalue weighted by molar-refractivity contribution is 8.00. The topological polar surface area (TPSA) is 89.4 Å². The second kappa shape index (κ2) is 10.2. The number of nitrogens with one attached hydrogen (secondary N) is 2. The minimum Gasteiger partial charge on any atom is -0.457 e. The SMILES string of the molecule is Cc1cc(C(=O)COC(=O)CCCC[C@@H]2SC[C@@H]3NC(=O)N[C@@H]32)c(C)n1-c1ccc(Cl)cc1. The Bertz CT molecular complexity index is 1050. The smallest absolute Gasteiger partial charge is 0.315 e. The van der Waals surface area contributed by atoms with E-state index in [2.05, 4.69) is 10.6 Å². The van der Waals surface area contributed by atoms with Gasteiger partial charge in [0.05, 0.1) is 12.1 Å². The molecule has 2 aliphatic heterocycles. The first-order valence-corrected chi connectivity index (χ1v) is 12.6. The van der Waals surface area contributed by atoms with Crippen molar-refractivity contribution in [2.24, 2.45) is 0 Å². The van der Waals surface area contributed by atoms with E-state index in [0.29, 0.717) is 22.3 Å². The third kappa shape index (κ3) is 5.38. The van der Waals surface area contributed by atoms with E-state index in [0.717, 1.165) is 35.7 Å².